The van der Waals surface area contributed by atoms with Gasteiger partial charge in [-0.05, 0) is 31.3 Å². The Morgan fingerprint density at radius 2 is 2.07 bits per heavy atom. The number of aromatic nitrogens is 1. The van der Waals surface area contributed by atoms with E-state index in [9.17, 15) is 9.59 Å². The minimum atomic E-state index is -0.983. The van der Waals surface area contributed by atoms with Gasteiger partial charge in [0.05, 0.1) is 0 Å². The summed E-state index contributed by atoms with van der Waals surface area (Å²) in [7, 11) is 0. The van der Waals surface area contributed by atoms with Crippen LogP contribution in [0.3, 0.4) is 0 Å². The molecule has 3 rings (SSSR count). The number of allylic oxidation sites excluding steroid dienone is 5. The molecule has 150 valence electrons. The van der Waals surface area contributed by atoms with E-state index in [0.29, 0.717) is 30.3 Å². The maximum Gasteiger partial charge on any atom is 0.306 e. The molecule has 28 heavy (non-hydrogen) atoms. The Morgan fingerprint density at radius 3 is 2.82 bits per heavy atom. The summed E-state index contributed by atoms with van der Waals surface area (Å²) in [6, 6.07) is 1.63. The van der Waals surface area contributed by atoms with Gasteiger partial charge in [-0.3, -0.25) is 9.59 Å². The average molecular weight is 384 g/mol. The van der Waals surface area contributed by atoms with Crippen LogP contribution in [0.4, 0.5) is 5.82 Å². The van der Waals surface area contributed by atoms with Crippen LogP contribution in [-0.4, -0.2) is 23.1 Å². The number of rotatable bonds is 7. The van der Waals surface area contributed by atoms with Crippen molar-refractivity contribution in [3.05, 3.63) is 47.8 Å². The molecule has 1 aromatic rings. The highest BCUT2D eigenvalue weighted by Gasteiger charge is 2.28. The van der Waals surface area contributed by atoms with Crippen molar-refractivity contribution in [2.75, 3.05) is 5.32 Å². The van der Waals surface area contributed by atoms with E-state index in [1.54, 1.807) is 13.0 Å². The number of nitrogens with one attached hydrogen (secondary N) is 1. The first-order valence-electron chi connectivity index (χ1n) is 10.1. The molecule has 1 amide bonds. The Kier molecular flexibility index (Phi) is 7.23. The van der Waals surface area contributed by atoms with E-state index in [1.807, 2.05) is 30.4 Å². The number of nitrogens with zero attached hydrogens (tertiary/aromatic N) is 1. The predicted octanol–water partition coefficient (Wildman–Crippen LogP) is 4.64. The van der Waals surface area contributed by atoms with E-state index in [-0.39, 0.29) is 5.97 Å². The van der Waals surface area contributed by atoms with Crippen LogP contribution >= 0.6 is 0 Å². The number of hydrogen-bond donors (Lipinski definition) is 1. The van der Waals surface area contributed by atoms with Crippen molar-refractivity contribution in [3.63, 3.8) is 0 Å². The highest BCUT2D eigenvalue weighted by Crippen LogP contribution is 2.27. The molecule has 0 bridgehead atoms. The molecule has 0 radical (unpaired) electrons. The fraction of sp³-hybridized carbons (Fsp3) is 0.500. The molecule has 1 saturated carbocycles. The van der Waals surface area contributed by atoms with Crippen molar-refractivity contribution in [2.45, 2.75) is 64.4 Å². The minimum absolute atomic E-state index is 0.311. The van der Waals surface area contributed by atoms with Crippen LogP contribution in [0, 0.1) is 12.8 Å². The number of anilines is 1. The first-order valence-corrected chi connectivity index (χ1v) is 10.1. The Labute approximate surface area is 165 Å². The topological polar surface area (TPSA) is 81.4 Å². The standard InChI is InChI=1S/C22H28N2O4/c1-16-15-19(24-28-16)23-22(26)21(18-11-7-2-3-8-12-18)27-20(25)14-13-17-9-5-4-6-10-17/h2-3,7-8,11,15,17,21H,4-6,9-10,12-14H2,1H3,(H,23,24,26). The molecule has 1 aromatic heterocycles. The van der Waals surface area contributed by atoms with E-state index < -0.39 is 12.0 Å². The van der Waals surface area contributed by atoms with Crippen LogP contribution in [0.2, 0.25) is 0 Å². The second-order valence-electron chi connectivity index (χ2n) is 7.48. The zero-order valence-electron chi connectivity index (χ0n) is 16.4. The first-order chi connectivity index (χ1) is 13.6. The smallest absolute Gasteiger partial charge is 0.306 e. The van der Waals surface area contributed by atoms with E-state index >= 15 is 0 Å². The Hall–Kier alpha value is -2.63. The fourth-order valence-electron chi connectivity index (χ4n) is 3.69. The van der Waals surface area contributed by atoms with Crippen molar-refractivity contribution in [1.29, 1.82) is 0 Å². The summed E-state index contributed by atoms with van der Waals surface area (Å²) >= 11 is 0. The van der Waals surface area contributed by atoms with Crippen molar-refractivity contribution in [2.24, 2.45) is 5.92 Å². The maximum atomic E-state index is 12.8. The number of amides is 1. The third-order valence-corrected chi connectivity index (χ3v) is 5.21. The highest BCUT2D eigenvalue weighted by molar-refractivity contribution is 5.96. The second kappa shape index (κ2) is 10.1. The van der Waals surface area contributed by atoms with Gasteiger partial charge in [-0.1, -0.05) is 67.6 Å². The summed E-state index contributed by atoms with van der Waals surface area (Å²) in [6.07, 6.45) is 16.3. The maximum absolute atomic E-state index is 12.8. The van der Waals surface area contributed by atoms with Gasteiger partial charge in [-0.2, -0.15) is 0 Å². The summed E-state index contributed by atoms with van der Waals surface area (Å²) in [4.78, 5) is 25.3. The molecule has 1 N–H and O–H groups in total. The molecule has 0 aromatic carbocycles. The largest absolute Gasteiger partial charge is 0.448 e. The number of aryl methyl sites for hydroxylation is 1. The Morgan fingerprint density at radius 1 is 1.25 bits per heavy atom. The van der Waals surface area contributed by atoms with Crippen molar-refractivity contribution in [3.8, 4) is 0 Å². The molecule has 0 aliphatic heterocycles. The molecule has 2 aliphatic rings. The van der Waals surface area contributed by atoms with Crippen LogP contribution < -0.4 is 5.32 Å². The lowest BCUT2D eigenvalue weighted by molar-refractivity contribution is -0.152. The molecule has 0 spiro atoms. The monoisotopic (exact) mass is 384 g/mol. The summed E-state index contributed by atoms with van der Waals surface area (Å²) in [6.45, 7) is 1.74. The molecule has 6 nitrogen and oxygen atoms in total. The first kappa shape index (κ1) is 20.1. The van der Waals surface area contributed by atoms with Crippen molar-refractivity contribution >= 4 is 17.7 Å². The van der Waals surface area contributed by atoms with Crippen LogP contribution in [0.1, 0.15) is 57.1 Å². The third kappa shape index (κ3) is 5.94. The van der Waals surface area contributed by atoms with E-state index in [0.717, 1.165) is 12.0 Å². The Balaban J connectivity index is 1.63. The van der Waals surface area contributed by atoms with Crippen LogP contribution in [0.5, 0.6) is 0 Å². The Bertz CT molecular complexity index is 769. The fourth-order valence-corrected chi connectivity index (χ4v) is 3.69. The summed E-state index contributed by atoms with van der Waals surface area (Å²) in [5, 5.41) is 6.46. The molecule has 1 atom stereocenters. The summed E-state index contributed by atoms with van der Waals surface area (Å²) in [5.41, 5.74) is 0.730. The normalized spacial score (nSPS) is 18.2. The van der Waals surface area contributed by atoms with Gasteiger partial charge in [-0.25, -0.2) is 0 Å². The molecular weight excluding hydrogens is 356 g/mol. The van der Waals surface area contributed by atoms with Gasteiger partial charge in [0.1, 0.15) is 5.76 Å². The van der Waals surface area contributed by atoms with Gasteiger partial charge in [0.25, 0.3) is 5.91 Å². The van der Waals surface area contributed by atoms with Crippen molar-refractivity contribution < 1.29 is 18.8 Å². The lowest BCUT2D eigenvalue weighted by atomic mass is 9.86. The molecule has 0 saturated heterocycles. The SMILES string of the molecule is Cc1cc(NC(=O)C(OC(=O)CCC2CCCCC2)C2=CC=CC=CC2)no1. The molecule has 2 aliphatic carbocycles. The van der Waals surface area contributed by atoms with Gasteiger partial charge >= 0.3 is 5.97 Å². The van der Waals surface area contributed by atoms with E-state index in [1.165, 1.54) is 32.1 Å². The zero-order valence-corrected chi connectivity index (χ0v) is 16.4. The molecule has 1 heterocycles. The molecule has 1 fully saturated rings. The number of hydrogen-bond acceptors (Lipinski definition) is 5. The lowest BCUT2D eigenvalue weighted by Gasteiger charge is -2.22. The average Bonchev–Trinajstić information content (AvgIpc) is 2.94. The van der Waals surface area contributed by atoms with Crippen LogP contribution in [0.15, 0.2) is 46.5 Å². The molecule has 1 unspecified atom stereocenters. The van der Waals surface area contributed by atoms with Gasteiger partial charge in [0.15, 0.2) is 5.82 Å². The summed E-state index contributed by atoms with van der Waals surface area (Å²) < 4.78 is 10.6. The van der Waals surface area contributed by atoms with Gasteiger partial charge in [-0.15, -0.1) is 0 Å². The summed E-state index contributed by atoms with van der Waals surface area (Å²) in [5.74, 6) is 0.742. The molecular formula is C22H28N2O4. The number of ether oxygens (including phenoxy) is 1. The number of esters is 1. The quantitative estimate of drug-likeness (QED) is 0.693. The number of carbonyl (C=O) groups excluding carboxylic acids is 2. The predicted molar refractivity (Wildman–Crippen MR) is 107 cm³/mol. The third-order valence-electron chi connectivity index (χ3n) is 5.21. The highest BCUT2D eigenvalue weighted by atomic mass is 16.5. The van der Waals surface area contributed by atoms with E-state index in [4.69, 9.17) is 9.26 Å². The van der Waals surface area contributed by atoms with Gasteiger partial charge in [0.2, 0.25) is 6.10 Å². The number of carbonyl (C=O) groups is 2. The lowest BCUT2D eigenvalue weighted by Crippen LogP contribution is -2.34. The zero-order chi connectivity index (χ0) is 19.8. The van der Waals surface area contributed by atoms with Gasteiger partial charge < -0.3 is 14.6 Å². The minimum Gasteiger partial charge on any atom is -0.448 e. The van der Waals surface area contributed by atoms with Crippen LogP contribution in [-0.2, 0) is 14.3 Å². The molecule has 6 heteroatoms. The van der Waals surface area contributed by atoms with Gasteiger partial charge in [0, 0.05) is 12.5 Å². The van der Waals surface area contributed by atoms with E-state index in [2.05, 4.69) is 10.5 Å². The van der Waals surface area contributed by atoms with Crippen LogP contribution in [0.25, 0.3) is 0 Å². The van der Waals surface area contributed by atoms with Crippen molar-refractivity contribution in [1.82, 2.24) is 5.16 Å². The second-order valence-corrected chi connectivity index (χ2v) is 7.48.